The molecule has 1 aromatic heterocycles. The molecular formula is C33H37F3N6O3S. The minimum absolute atomic E-state index is 0.196. The lowest BCUT2D eigenvalue weighted by Gasteiger charge is -2.38. The van der Waals surface area contributed by atoms with Crippen LogP contribution in [0.15, 0.2) is 78.0 Å². The summed E-state index contributed by atoms with van der Waals surface area (Å²) >= 11 is 1.63. The summed E-state index contributed by atoms with van der Waals surface area (Å²) in [7, 11) is 1.66. The van der Waals surface area contributed by atoms with Crippen LogP contribution in [0.3, 0.4) is 0 Å². The fourth-order valence-electron chi connectivity index (χ4n) is 5.20. The highest BCUT2D eigenvalue weighted by molar-refractivity contribution is 8.14. The van der Waals surface area contributed by atoms with Gasteiger partial charge in [-0.05, 0) is 67.6 Å². The van der Waals surface area contributed by atoms with Gasteiger partial charge in [-0.2, -0.15) is 0 Å². The largest absolute Gasteiger partial charge is 0.573 e. The van der Waals surface area contributed by atoms with E-state index >= 15 is 0 Å². The number of aliphatic imine (C=N–C) groups is 1. The van der Waals surface area contributed by atoms with E-state index in [0.29, 0.717) is 17.4 Å². The van der Waals surface area contributed by atoms with Crippen molar-refractivity contribution < 1.29 is 27.8 Å². The molecule has 13 heteroatoms. The van der Waals surface area contributed by atoms with E-state index in [9.17, 15) is 18.3 Å². The lowest BCUT2D eigenvalue weighted by molar-refractivity contribution is -0.274. The van der Waals surface area contributed by atoms with E-state index in [4.69, 9.17) is 9.73 Å². The zero-order chi connectivity index (χ0) is 33.0. The molecule has 0 amide bonds. The van der Waals surface area contributed by atoms with E-state index in [1.54, 1.807) is 18.9 Å². The highest BCUT2D eigenvalue weighted by atomic mass is 32.2. The second kappa shape index (κ2) is 14.1. The molecule has 2 heterocycles. The Morgan fingerprint density at radius 2 is 1.72 bits per heavy atom. The van der Waals surface area contributed by atoms with Crippen molar-refractivity contribution in [2.24, 2.45) is 4.99 Å². The van der Waals surface area contributed by atoms with Gasteiger partial charge < -0.3 is 19.5 Å². The summed E-state index contributed by atoms with van der Waals surface area (Å²) in [5.74, 6) is 2.12. The predicted octanol–water partition coefficient (Wildman–Crippen LogP) is 7.28. The van der Waals surface area contributed by atoms with Crippen molar-refractivity contribution in [2.75, 3.05) is 17.8 Å². The van der Waals surface area contributed by atoms with Gasteiger partial charge in [0.15, 0.2) is 11.0 Å². The molecule has 0 aliphatic carbocycles. The molecular weight excluding hydrogens is 617 g/mol. The van der Waals surface area contributed by atoms with Crippen LogP contribution in [0.5, 0.6) is 11.5 Å². The zero-order valence-corrected chi connectivity index (χ0v) is 27.0. The molecule has 0 spiro atoms. The van der Waals surface area contributed by atoms with Gasteiger partial charge in [-0.15, -0.1) is 18.3 Å². The molecule has 46 heavy (non-hydrogen) atoms. The number of aliphatic hydroxyl groups excluding tert-OH is 1. The van der Waals surface area contributed by atoms with Crippen LogP contribution >= 0.6 is 11.8 Å². The third-order valence-electron chi connectivity index (χ3n) is 7.66. The van der Waals surface area contributed by atoms with Gasteiger partial charge in [0.05, 0.1) is 18.5 Å². The van der Waals surface area contributed by atoms with Gasteiger partial charge >= 0.3 is 6.36 Å². The lowest BCUT2D eigenvalue weighted by atomic mass is 9.99. The minimum Gasteiger partial charge on any atom is -0.497 e. The number of benzene rings is 3. The van der Waals surface area contributed by atoms with Crippen molar-refractivity contribution in [3.63, 3.8) is 0 Å². The van der Waals surface area contributed by atoms with Gasteiger partial charge in [-0.25, -0.2) is 14.7 Å². The molecule has 1 aliphatic rings. The molecule has 1 aliphatic heterocycles. The number of alkyl halides is 3. The number of thioether (sulfide) groups is 1. The van der Waals surface area contributed by atoms with Gasteiger partial charge in [0.2, 0.25) is 6.35 Å². The predicted molar refractivity (Wildman–Crippen MR) is 175 cm³/mol. The van der Waals surface area contributed by atoms with Gasteiger partial charge in [0.1, 0.15) is 17.8 Å². The monoisotopic (exact) mass is 654 g/mol. The van der Waals surface area contributed by atoms with E-state index < -0.39 is 12.7 Å². The Labute approximate surface area is 270 Å². The quantitative estimate of drug-likeness (QED) is 0.172. The maximum absolute atomic E-state index is 12.5. The van der Waals surface area contributed by atoms with E-state index in [0.717, 1.165) is 39.9 Å². The van der Waals surface area contributed by atoms with Gasteiger partial charge in [-0.1, -0.05) is 55.9 Å². The van der Waals surface area contributed by atoms with Gasteiger partial charge in [-0.3, -0.25) is 5.32 Å². The molecule has 244 valence electrons. The summed E-state index contributed by atoms with van der Waals surface area (Å²) in [6, 6.07) is 19.1. The number of hydrogen-bond acceptors (Lipinski definition) is 8. The summed E-state index contributed by atoms with van der Waals surface area (Å²) < 4.78 is 48.3. The Morgan fingerprint density at radius 3 is 2.37 bits per heavy atom. The number of hydrogen-bond donors (Lipinski definition) is 2. The lowest BCUT2D eigenvalue weighted by Crippen LogP contribution is -2.43. The first kappa shape index (κ1) is 33.3. The second-order valence-electron chi connectivity index (χ2n) is 11.3. The average Bonchev–Trinajstić information content (AvgIpc) is 3.51. The summed E-state index contributed by atoms with van der Waals surface area (Å²) in [6.45, 7) is 8.44. The van der Waals surface area contributed by atoms with Crippen LogP contribution in [-0.2, 0) is 0 Å². The Bertz CT molecular complexity index is 1640. The summed E-state index contributed by atoms with van der Waals surface area (Å²) in [5.41, 5.74) is 4.45. The van der Waals surface area contributed by atoms with E-state index in [2.05, 4.69) is 51.9 Å². The van der Waals surface area contributed by atoms with Crippen LogP contribution in [-0.4, -0.2) is 56.7 Å². The number of rotatable bonds is 10. The highest BCUT2D eigenvalue weighted by Gasteiger charge is 2.31. The third-order valence-corrected chi connectivity index (χ3v) is 8.66. The van der Waals surface area contributed by atoms with Crippen molar-refractivity contribution in [1.82, 2.24) is 20.1 Å². The number of anilines is 1. The molecule has 1 fully saturated rings. The molecule has 3 unspecified atom stereocenters. The number of ether oxygens (including phenoxy) is 2. The summed E-state index contributed by atoms with van der Waals surface area (Å²) in [6.07, 6.45) is -3.41. The van der Waals surface area contributed by atoms with Crippen molar-refractivity contribution in [2.45, 2.75) is 64.8 Å². The highest BCUT2D eigenvalue weighted by Crippen LogP contribution is 2.37. The van der Waals surface area contributed by atoms with Crippen LogP contribution < -0.4 is 19.7 Å². The van der Waals surface area contributed by atoms with Crippen LogP contribution in [0.1, 0.15) is 57.2 Å². The molecule has 5 rings (SSSR count). The second-order valence-corrected chi connectivity index (χ2v) is 12.3. The van der Waals surface area contributed by atoms with Crippen LogP contribution in [0.25, 0.3) is 17.1 Å². The van der Waals surface area contributed by atoms with Crippen molar-refractivity contribution in [3.05, 3.63) is 84.2 Å². The fourth-order valence-corrected chi connectivity index (χ4v) is 6.43. The normalized spacial score (nSPS) is 17.7. The van der Waals surface area contributed by atoms with Crippen LogP contribution in [0, 0.1) is 0 Å². The Morgan fingerprint density at radius 1 is 1.02 bits per heavy atom. The van der Waals surface area contributed by atoms with Crippen molar-refractivity contribution >= 4 is 22.6 Å². The third kappa shape index (κ3) is 8.01. The smallest absolute Gasteiger partial charge is 0.497 e. The summed E-state index contributed by atoms with van der Waals surface area (Å²) in [5, 5.41) is 19.4. The maximum Gasteiger partial charge on any atom is 0.573 e. The van der Waals surface area contributed by atoms with Crippen molar-refractivity contribution in [1.29, 1.82) is 0 Å². The molecule has 0 bridgehead atoms. The number of nitrogens with zero attached hydrogens (tertiary/aromatic N) is 5. The SMILES string of the molecule is COc1ccc(C(C)C)c(N2/C(=N/C(O)NC(C)c3ccc(-c4ncn(-c5ccc(OC(F)(F)F)cc5)n4)cc3)SCCC2C)c1. The Hall–Kier alpha value is -4.07. The van der Waals surface area contributed by atoms with E-state index in [-0.39, 0.29) is 17.8 Å². The molecule has 1 saturated heterocycles. The molecule has 2 N–H and O–H groups in total. The first-order chi connectivity index (χ1) is 21.9. The topological polar surface area (TPSA) is 97.0 Å². The number of halogens is 3. The molecule has 9 nitrogen and oxygen atoms in total. The van der Waals surface area contributed by atoms with E-state index in [1.165, 1.54) is 40.8 Å². The van der Waals surface area contributed by atoms with Crippen molar-refractivity contribution in [3.8, 4) is 28.6 Å². The summed E-state index contributed by atoms with van der Waals surface area (Å²) in [4.78, 5) is 11.3. The molecule has 3 atom stereocenters. The molecule has 4 aromatic rings. The van der Waals surface area contributed by atoms with Crippen LogP contribution in [0.4, 0.5) is 18.9 Å². The van der Waals surface area contributed by atoms with Crippen LogP contribution in [0.2, 0.25) is 0 Å². The van der Waals surface area contributed by atoms with Gasteiger partial charge in [0, 0.05) is 29.5 Å². The Kier molecular flexibility index (Phi) is 10.2. The maximum atomic E-state index is 12.5. The molecule has 0 radical (unpaired) electrons. The average molecular weight is 655 g/mol. The minimum atomic E-state index is -4.75. The van der Waals surface area contributed by atoms with E-state index in [1.807, 2.05) is 43.3 Å². The standard InChI is InChI=1S/C33H37F3N6O3S/c1-20(2)28-15-14-27(44-5)18-29(28)42-21(3)16-17-46-32(42)39-31(43)38-22(4)23-6-8-24(9-7-23)30-37-19-41(40-30)25-10-12-26(13-11-25)45-33(34,35)36/h6-15,18-22,31,38,43H,16-17H2,1-5H3/b39-32-. The molecule has 3 aromatic carbocycles. The fraction of sp³-hybridized carbons (Fsp3) is 0.364. The number of amidine groups is 1. The Balaban J connectivity index is 1.27. The number of aromatic nitrogens is 3. The zero-order valence-electron chi connectivity index (χ0n) is 26.2. The first-order valence-corrected chi connectivity index (χ1v) is 15.9. The first-order valence-electron chi connectivity index (χ1n) is 14.9. The number of methoxy groups -OCH3 is 1. The number of nitrogens with one attached hydrogen (secondary N) is 1. The number of aliphatic hydroxyl groups is 1. The van der Waals surface area contributed by atoms with Gasteiger partial charge in [0.25, 0.3) is 0 Å². The molecule has 0 saturated carbocycles.